The van der Waals surface area contributed by atoms with Gasteiger partial charge < -0.3 is 15.5 Å². The summed E-state index contributed by atoms with van der Waals surface area (Å²) < 4.78 is 0. The maximum Gasteiger partial charge on any atom is 0.354 e. The van der Waals surface area contributed by atoms with Gasteiger partial charge >= 0.3 is 11.7 Å². The molecular weight excluding hydrogens is 242 g/mol. The van der Waals surface area contributed by atoms with Gasteiger partial charge in [-0.3, -0.25) is 10.1 Å². The van der Waals surface area contributed by atoms with Gasteiger partial charge in [0, 0.05) is 6.07 Å². The fourth-order valence-corrected chi connectivity index (χ4v) is 1.29. The Morgan fingerprint density at radius 2 is 2.28 bits per heavy atom. The number of pyridine rings is 1. The van der Waals surface area contributed by atoms with Gasteiger partial charge in [0.25, 0.3) is 0 Å². The second-order valence-electron chi connectivity index (χ2n) is 3.56. The maximum atomic E-state index is 10.8. The van der Waals surface area contributed by atoms with E-state index in [-0.39, 0.29) is 23.8 Å². The molecule has 1 atom stereocenters. The molecule has 0 saturated carbocycles. The first-order chi connectivity index (χ1) is 8.49. The molecule has 0 aromatic carbocycles. The van der Waals surface area contributed by atoms with Gasteiger partial charge in [-0.1, -0.05) is 6.92 Å². The highest BCUT2D eigenvalue weighted by Gasteiger charge is 2.20. The number of rotatable bonds is 6. The van der Waals surface area contributed by atoms with E-state index in [4.69, 9.17) is 10.2 Å². The number of hydrogen-bond donors (Lipinski definition) is 3. The highest BCUT2D eigenvalue weighted by molar-refractivity contribution is 5.86. The summed E-state index contributed by atoms with van der Waals surface area (Å²) in [6.45, 7) is 1.55. The second kappa shape index (κ2) is 5.92. The van der Waals surface area contributed by atoms with E-state index in [0.717, 1.165) is 12.1 Å². The van der Waals surface area contributed by atoms with Crippen LogP contribution in [-0.4, -0.2) is 38.7 Å². The van der Waals surface area contributed by atoms with E-state index in [0.29, 0.717) is 6.42 Å². The number of anilines is 1. The molecule has 8 nitrogen and oxygen atoms in total. The number of carbonyl (C=O) groups is 1. The number of aromatic carboxylic acids is 1. The number of aliphatic hydroxyl groups is 1. The van der Waals surface area contributed by atoms with E-state index in [1.54, 1.807) is 6.92 Å². The third-order valence-corrected chi connectivity index (χ3v) is 2.34. The Labute approximate surface area is 102 Å². The van der Waals surface area contributed by atoms with E-state index in [1.807, 2.05) is 0 Å². The normalized spacial score (nSPS) is 11.9. The van der Waals surface area contributed by atoms with Crippen LogP contribution in [0.25, 0.3) is 0 Å². The Kier molecular flexibility index (Phi) is 4.55. The number of carboxylic acid groups (broad SMARTS) is 1. The van der Waals surface area contributed by atoms with Crippen LogP contribution < -0.4 is 5.32 Å². The Bertz CT molecular complexity index is 459. The van der Waals surface area contributed by atoms with Crippen LogP contribution in [0.15, 0.2) is 12.1 Å². The van der Waals surface area contributed by atoms with Gasteiger partial charge in [0.2, 0.25) is 5.82 Å². The number of aromatic nitrogens is 1. The molecule has 1 aromatic rings. The maximum absolute atomic E-state index is 10.8. The lowest BCUT2D eigenvalue weighted by atomic mass is 10.2. The predicted octanol–water partition coefficient (Wildman–Crippen LogP) is 0.871. The van der Waals surface area contributed by atoms with Crippen LogP contribution >= 0.6 is 0 Å². The third kappa shape index (κ3) is 3.14. The Morgan fingerprint density at radius 1 is 1.61 bits per heavy atom. The van der Waals surface area contributed by atoms with Crippen molar-refractivity contribution in [1.29, 1.82) is 0 Å². The molecular formula is C10H13N3O5. The molecule has 1 unspecified atom stereocenters. The fraction of sp³-hybridized carbons (Fsp3) is 0.400. The average Bonchev–Trinajstić information content (AvgIpc) is 2.35. The topological polar surface area (TPSA) is 126 Å². The molecule has 0 fully saturated rings. The molecule has 0 aliphatic carbocycles. The largest absolute Gasteiger partial charge is 0.477 e. The molecule has 18 heavy (non-hydrogen) atoms. The van der Waals surface area contributed by atoms with Crippen molar-refractivity contribution in [2.75, 3.05) is 11.9 Å². The van der Waals surface area contributed by atoms with Gasteiger partial charge in [0.15, 0.2) is 5.69 Å². The number of nitro groups is 1. The van der Waals surface area contributed by atoms with E-state index in [1.165, 1.54) is 0 Å². The van der Waals surface area contributed by atoms with E-state index < -0.39 is 16.9 Å². The lowest BCUT2D eigenvalue weighted by Gasteiger charge is -2.14. The van der Waals surface area contributed by atoms with Crippen molar-refractivity contribution in [3.05, 3.63) is 27.9 Å². The summed E-state index contributed by atoms with van der Waals surface area (Å²) in [4.78, 5) is 24.5. The van der Waals surface area contributed by atoms with Crippen molar-refractivity contribution in [2.45, 2.75) is 19.4 Å². The molecule has 8 heteroatoms. The molecule has 1 heterocycles. The number of aliphatic hydroxyl groups excluding tert-OH is 1. The molecule has 0 bridgehead atoms. The summed E-state index contributed by atoms with van der Waals surface area (Å²) in [6.07, 6.45) is 0.520. The van der Waals surface area contributed by atoms with E-state index in [2.05, 4.69) is 10.3 Å². The monoisotopic (exact) mass is 255 g/mol. The molecule has 0 saturated heterocycles. The third-order valence-electron chi connectivity index (χ3n) is 2.34. The standard InChI is InChI=1S/C10H13N3O5/c1-2-6(5-14)11-9-8(13(17)18)4-3-7(12-9)10(15)16/h3-4,6,14H,2,5H2,1H3,(H,11,12)(H,15,16). The van der Waals surface area contributed by atoms with Crippen LogP contribution in [0.4, 0.5) is 11.5 Å². The fourth-order valence-electron chi connectivity index (χ4n) is 1.29. The van der Waals surface area contributed by atoms with Crippen molar-refractivity contribution in [2.24, 2.45) is 0 Å². The van der Waals surface area contributed by atoms with Gasteiger partial charge in [-0.15, -0.1) is 0 Å². The zero-order valence-electron chi connectivity index (χ0n) is 9.66. The first-order valence-electron chi connectivity index (χ1n) is 5.25. The Morgan fingerprint density at radius 3 is 2.72 bits per heavy atom. The van der Waals surface area contributed by atoms with Crippen LogP contribution in [-0.2, 0) is 0 Å². The van der Waals surface area contributed by atoms with Crippen molar-refractivity contribution in [3.63, 3.8) is 0 Å². The number of carboxylic acids is 1. The first kappa shape index (κ1) is 13.8. The van der Waals surface area contributed by atoms with Crippen LogP contribution in [0.2, 0.25) is 0 Å². The minimum absolute atomic E-state index is 0.152. The van der Waals surface area contributed by atoms with E-state index >= 15 is 0 Å². The summed E-state index contributed by atoms with van der Waals surface area (Å²) in [5, 5.41) is 31.2. The zero-order valence-corrected chi connectivity index (χ0v) is 9.66. The smallest absolute Gasteiger partial charge is 0.354 e. The van der Waals surface area contributed by atoms with Crippen molar-refractivity contribution >= 4 is 17.5 Å². The molecule has 0 amide bonds. The lowest BCUT2D eigenvalue weighted by molar-refractivity contribution is -0.384. The molecule has 1 aromatic heterocycles. The minimum Gasteiger partial charge on any atom is -0.477 e. The molecule has 0 spiro atoms. The highest BCUT2D eigenvalue weighted by atomic mass is 16.6. The molecule has 0 radical (unpaired) electrons. The molecule has 1 rings (SSSR count). The minimum atomic E-state index is -1.27. The molecule has 98 valence electrons. The summed E-state index contributed by atoms with van der Waals surface area (Å²) in [5.74, 6) is -1.43. The molecule has 0 aliphatic heterocycles. The van der Waals surface area contributed by atoms with Gasteiger partial charge in [0.1, 0.15) is 0 Å². The van der Waals surface area contributed by atoms with Gasteiger partial charge in [-0.2, -0.15) is 0 Å². The van der Waals surface area contributed by atoms with Crippen LogP contribution in [0.3, 0.4) is 0 Å². The Balaban J connectivity index is 3.14. The summed E-state index contributed by atoms with van der Waals surface area (Å²) in [7, 11) is 0. The number of nitrogens with one attached hydrogen (secondary N) is 1. The quantitative estimate of drug-likeness (QED) is 0.508. The van der Waals surface area contributed by atoms with Crippen molar-refractivity contribution in [1.82, 2.24) is 4.98 Å². The molecule has 3 N–H and O–H groups in total. The van der Waals surface area contributed by atoms with Gasteiger partial charge in [-0.25, -0.2) is 9.78 Å². The summed E-state index contributed by atoms with van der Waals surface area (Å²) in [6, 6.07) is 1.72. The predicted molar refractivity (Wildman–Crippen MR) is 62.6 cm³/mol. The van der Waals surface area contributed by atoms with Crippen LogP contribution in [0.5, 0.6) is 0 Å². The first-order valence-corrected chi connectivity index (χ1v) is 5.25. The van der Waals surface area contributed by atoms with Crippen molar-refractivity contribution < 1.29 is 19.9 Å². The summed E-state index contributed by atoms with van der Waals surface area (Å²) >= 11 is 0. The molecule has 0 aliphatic rings. The van der Waals surface area contributed by atoms with Crippen LogP contribution in [0, 0.1) is 10.1 Å². The van der Waals surface area contributed by atoms with Crippen molar-refractivity contribution in [3.8, 4) is 0 Å². The number of hydrogen-bond acceptors (Lipinski definition) is 6. The van der Waals surface area contributed by atoms with Crippen LogP contribution in [0.1, 0.15) is 23.8 Å². The zero-order chi connectivity index (χ0) is 13.7. The van der Waals surface area contributed by atoms with Gasteiger partial charge in [-0.05, 0) is 12.5 Å². The highest BCUT2D eigenvalue weighted by Crippen LogP contribution is 2.23. The average molecular weight is 255 g/mol. The second-order valence-corrected chi connectivity index (χ2v) is 3.56. The SMILES string of the molecule is CCC(CO)Nc1nc(C(=O)O)ccc1[N+](=O)[O-]. The van der Waals surface area contributed by atoms with Gasteiger partial charge in [0.05, 0.1) is 17.6 Å². The number of nitrogens with zero attached hydrogens (tertiary/aromatic N) is 2. The summed E-state index contributed by atoms with van der Waals surface area (Å²) in [5.41, 5.74) is -0.622. The lowest BCUT2D eigenvalue weighted by Crippen LogP contribution is -2.24. The van der Waals surface area contributed by atoms with E-state index in [9.17, 15) is 14.9 Å². The Hall–Kier alpha value is -2.22.